The molecule has 2 fully saturated rings. The van der Waals surface area contributed by atoms with Crippen molar-refractivity contribution < 1.29 is 43.0 Å². The molecule has 17 heteroatoms. The zero-order valence-corrected chi connectivity index (χ0v) is 32.5. The van der Waals surface area contributed by atoms with Crippen LogP contribution in [0.15, 0.2) is 47.4 Å². The summed E-state index contributed by atoms with van der Waals surface area (Å²) < 4.78 is 22.4. The zero-order valence-electron chi connectivity index (χ0n) is 32.5. The number of benzene rings is 2. The third kappa shape index (κ3) is 9.88. The maximum absolute atomic E-state index is 15.3. The number of ether oxygens (including phenoxy) is 1. The van der Waals surface area contributed by atoms with E-state index < -0.39 is 52.1 Å². The van der Waals surface area contributed by atoms with Gasteiger partial charge in [-0.3, -0.25) is 24.0 Å². The van der Waals surface area contributed by atoms with Crippen LogP contribution in [0.2, 0.25) is 0 Å². The van der Waals surface area contributed by atoms with E-state index in [0.717, 1.165) is 12.5 Å². The molecule has 2 aromatic carbocycles. The summed E-state index contributed by atoms with van der Waals surface area (Å²) in [6, 6.07) is 8.36. The van der Waals surface area contributed by atoms with E-state index in [1.54, 1.807) is 47.6 Å². The molecule has 1 aliphatic carbocycles. The van der Waals surface area contributed by atoms with Crippen molar-refractivity contribution in [2.75, 3.05) is 49.5 Å². The highest BCUT2D eigenvalue weighted by molar-refractivity contribution is 6.08. The molecule has 1 atom stereocenters. The van der Waals surface area contributed by atoms with Crippen LogP contribution in [0.1, 0.15) is 75.2 Å². The van der Waals surface area contributed by atoms with Gasteiger partial charge in [0.15, 0.2) is 0 Å². The number of carboxylic acid groups (broad SMARTS) is 1. The van der Waals surface area contributed by atoms with E-state index in [4.69, 9.17) is 4.74 Å². The van der Waals surface area contributed by atoms with Crippen molar-refractivity contribution in [3.8, 4) is 0 Å². The second kappa shape index (κ2) is 18.8. The smallest absolute Gasteiger partial charge is 0.410 e. The van der Waals surface area contributed by atoms with Crippen LogP contribution in [0.4, 0.5) is 20.6 Å². The molecular formula is C40H50FN7O9. The maximum atomic E-state index is 15.3. The van der Waals surface area contributed by atoms with Crippen LogP contribution in [0, 0.1) is 11.2 Å². The van der Waals surface area contributed by atoms with Crippen molar-refractivity contribution in [3.05, 3.63) is 69.8 Å². The molecule has 0 unspecified atom stereocenters. The van der Waals surface area contributed by atoms with Gasteiger partial charge < -0.3 is 45.5 Å². The van der Waals surface area contributed by atoms with Crippen molar-refractivity contribution in [2.24, 2.45) is 5.41 Å². The molecule has 5 amide bonds. The standard InChI is InChI=1S/C40H50FN7O9/c1-4-42-37(54)40(14-8-15-40)38(55)45-31(9-6-7-16-43-25(3)49)35(51)44-27-12-10-26(11-13-27)24-57-39(56)48-19-17-47(18-20-48)33-22-32-28(21-30(33)41)34(50)29(36(52)53)23-46(32)5-2/h10-13,21-23,31H,4-9,14-20,24H2,1-3H3,(H,42,54)(H,43,49)(H,44,51)(H,45,55)(H,52,53)/t31-/m0/s1. The van der Waals surface area contributed by atoms with Gasteiger partial charge in [0, 0.05) is 70.0 Å². The minimum absolute atomic E-state index is 0.0218. The summed E-state index contributed by atoms with van der Waals surface area (Å²) in [6.45, 7) is 7.19. The molecule has 306 valence electrons. The second-order valence-electron chi connectivity index (χ2n) is 14.3. The van der Waals surface area contributed by atoms with Crippen LogP contribution in [0.5, 0.6) is 0 Å². The van der Waals surface area contributed by atoms with Crippen LogP contribution < -0.4 is 31.6 Å². The molecule has 5 N–H and O–H groups in total. The predicted molar refractivity (Wildman–Crippen MR) is 209 cm³/mol. The largest absolute Gasteiger partial charge is 0.477 e. The third-order valence-corrected chi connectivity index (χ3v) is 10.5. The topological polar surface area (TPSA) is 208 Å². The molecular weight excluding hydrogens is 741 g/mol. The van der Waals surface area contributed by atoms with Crippen molar-refractivity contribution >= 4 is 58.0 Å². The number of aryl methyl sites for hydroxylation is 1. The van der Waals surface area contributed by atoms with E-state index in [1.165, 1.54) is 24.1 Å². The van der Waals surface area contributed by atoms with Gasteiger partial charge in [0.2, 0.25) is 29.1 Å². The number of unbranched alkanes of at least 4 members (excludes halogenated alkanes) is 1. The molecule has 1 aliphatic heterocycles. The number of aromatic carboxylic acids is 1. The van der Waals surface area contributed by atoms with Gasteiger partial charge in [-0.25, -0.2) is 14.0 Å². The number of piperazine rings is 1. The van der Waals surface area contributed by atoms with Gasteiger partial charge in [-0.15, -0.1) is 0 Å². The number of carbonyl (C=O) groups excluding carboxylic acids is 5. The molecule has 5 rings (SSSR count). The fourth-order valence-electron chi connectivity index (χ4n) is 7.06. The summed E-state index contributed by atoms with van der Waals surface area (Å²) in [6.07, 6.45) is 3.65. The normalized spacial score (nSPS) is 15.2. The summed E-state index contributed by atoms with van der Waals surface area (Å²) in [5, 5.41) is 20.5. The molecule has 2 aliphatic rings. The molecule has 2 heterocycles. The Labute approximate surface area is 329 Å². The summed E-state index contributed by atoms with van der Waals surface area (Å²) in [4.78, 5) is 91.4. The van der Waals surface area contributed by atoms with Gasteiger partial charge in [-0.2, -0.15) is 0 Å². The van der Waals surface area contributed by atoms with Crippen LogP contribution in [-0.4, -0.2) is 95.6 Å². The number of halogens is 1. The number of fused-ring (bicyclic) bond motifs is 1. The third-order valence-electron chi connectivity index (χ3n) is 10.5. The second-order valence-corrected chi connectivity index (χ2v) is 14.3. The summed E-state index contributed by atoms with van der Waals surface area (Å²) in [5.74, 6) is -3.50. The van der Waals surface area contributed by atoms with Crippen molar-refractivity contribution in [3.63, 3.8) is 0 Å². The minimum atomic E-state index is -1.38. The Balaban J connectivity index is 1.15. The van der Waals surface area contributed by atoms with E-state index in [9.17, 15) is 38.7 Å². The lowest BCUT2D eigenvalue weighted by molar-refractivity contribution is -0.150. The minimum Gasteiger partial charge on any atom is -0.477 e. The number of hydrogen-bond donors (Lipinski definition) is 5. The monoisotopic (exact) mass is 791 g/mol. The first-order valence-electron chi connectivity index (χ1n) is 19.3. The number of carbonyl (C=O) groups is 6. The molecule has 1 saturated heterocycles. The van der Waals surface area contributed by atoms with Gasteiger partial charge >= 0.3 is 12.1 Å². The van der Waals surface area contributed by atoms with E-state index in [2.05, 4.69) is 21.3 Å². The van der Waals surface area contributed by atoms with Gasteiger partial charge in [-0.05, 0) is 75.8 Å². The number of amides is 5. The summed E-state index contributed by atoms with van der Waals surface area (Å²) >= 11 is 0. The van der Waals surface area contributed by atoms with Crippen LogP contribution in [0.25, 0.3) is 10.9 Å². The highest BCUT2D eigenvalue weighted by Crippen LogP contribution is 2.41. The predicted octanol–water partition coefficient (Wildman–Crippen LogP) is 3.35. The average Bonchev–Trinajstić information content (AvgIpc) is 3.16. The Hall–Kier alpha value is -6.00. The Morgan fingerprint density at radius 1 is 0.947 bits per heavy atom. The van der Waals surface area contributed by atoms with Gasteiger partial charge in [-0.1, -0.05) is 18.6 Å². The van der Waals surface area contributed by atoms with E-state index in [1.807, 2.05) is 0 Å². The summed E-state index contributed by atoms with van der Waals surface area (Å²) in [5.41, 5.74) is -0.635. The summed E-state index contributed by atoms with van der Waals surface area (Å²) in [7, 11) is 0. The zero-order chi connectivity index (χ0) is 41.3. The highest BCUT2D eigenvalue weighted by atomic mass is 19.1. The number of rotatable bonds is 16. The van der Waals surface area contributed by atoms with Crippen molar-refractivity contribution in [2.45, 2.75) is 78.5 Å². The molecule has 0 radical (unpaired) electrons. The van der Waals surface area contributed by atoms with Crippen molar-refractivity contribution in [1.82, 2.24) is 25.4 Å². The Bertz CT molecular complexity index is 2060. The fraction of sp³-hybridized carbons (Fsp3) is 0.475. The number of hydrogen-bond acceptors (Lipinski definition) is 9. The fourth-order valence-corrected chi connectivity index (χ4v) is 7.06. The van der Waals surface area contributed by atoms with Crippen LogP contribution in [-0.2, 0) is 37.1 Å². The SMILES string of the molecule is CCNC(=O)C1(C(=O)N[C@@H](CCCCNC(C)=O)C(=O)Nc2ccc(COC(=O)N3CCN(c4cc5c(cc4F)c(=O)c(C(=O)O)cn5CC)CC3)cc2)CCC1. The average molecular weight is 792 g/mol. The van der Waals surface area contributed by atoms with E-state index >= 15 is 4.39 Å². The molecule has 1 saturated carbocycles. The van der Waals surface area contributed by atoms with Crippen LogP contribution in [0.3, 0.4) is 0 Å². The molecule has 3 aromatic rings. The number of carboxylic acids is 1. The van der Waals surface area contributed by atoms with E-state index in [-0.39, 0.29) is 42.6 Å². The van der Waals surface area contributed by atoms with Gasteiger partial charge in [0.25, 0.3) is 0 Å². The maximum Gasteiger partial charge on any atom is 0.410 e. The molecule has 57 heavy (non-hydrogen) atoms. The lowest BCUT2D eigenvalue weighted by Gasteiger charge is -2.39. The van der Waals surface area contributed by atoms with Crippen molar-refractivity contribution in [1.29, 1.82) is 0 Å². The molecule has 1 aromatic heterocycles. The quantitative estimate of drug-likeness (QED) is 0.106. The Kier molecular flexibility index (Phi) is 13.9. The van der Waals surface area contributed by atoms with E-state index in [0.29, 0.717) is 81.6 Å². The van der Waals surface area contributed by atoms with Gasteiger partial charge in [0.05, 0.1) is 11.2 Å². The number of anilines is 2. The number of nitrogens with one attached hydrogen (secondary N) is 4. The Morgan fingerprint density at radius 2 is 1.65 bits per heavy atom. The lowest BCUT2D eigenvalue weighted by atomic mass is 9.67. The number of aromatic nitrogens is 1. The first kappa shape index (κ1) is 42.1. The first-order valence-corrected chi connectivity index (χ1v) is 19.3. The lowest BCUT2D eigenvalue weighted by Crippen LogP contribution is -2.58. The molecule has 16 nitrogen and oxygen atoms in total. The van der Waals surface area contributed by atoms with Crippen LogP contribution >= 0.6 is 0 Å². The number of nitrogens with zero attached hydrogens (tertiary/aromatic N) is 3. The number of pyridine rings is 1. The first-order chi connectivity index (χ1) is 27.3. The Morgan fingerprint density at radius 3 is 2.25 bits per heavy atom. The highest BCUT2D eigenvalue weighted by Gasteiger charge is 2.51. The molecule has 0 bridgehead atoms. The van der Waals surface area contributed by atoms with Gasteiger partial charge in [0.1, 0.15) is 29.4 Å². The molecule has 0 spiro atoms.